The highest BCUT2D eigenvalue weighted by Gasteiger charge is 2.32. The Labute approximate surface area is 231 Å². The summed E-state index contributed by atoms with van der Waals surface area (Å²) in [5.74, 6) is -0.605. The fraction of sp³-hybridized carbons (Fsp3) is 0.417. The summed E-state index contributed by atoms with van der Waals surface area (Å²) in [7, 11) is -7.32. The van der Waals surface area contributed by atoms with Gasteiger partial charge in [0.2, 0.25) is 26.0 Å². The number of carbonyl (C=O) groups is 2. The van der Waals surface area contributed by atoms with Gasteiger partial charge >= 0.3 is 0 Å². The topological polar surface area (TPSA) is 182 Å². The van der Waals surface area contributed by atoms with Crippen LogP contribution in [0, 0.1) is 0 Å². The number of aromatic hydroxyl groups is 1. The first-order valence-electron chi connectivity index (χ1n) is 12.1. The van der Waals surface area contributed by atoms with Gasteiger partial charge in [0.1, 0.15) is 5.75 Å². The summed E-state index contributed by atoms with van der Waals surface area (Å²) in [6.07, 6.45) is 1.37. The molecular formula is C24H30N4O8S3. The fourth-order valence-corrected chi connectivity index (χ4v) is 7.32. The van der Waals surface area contributed by atoms with Crippen LogP contribution in [0.15, 0.2) is 47.4 Å². The Morgan fingerprint density at radius 2 is 1.74 bits per heavy atom. The molecule has 212 valence electrons. The van der Waals surface area contributed by atoms with Gasteiger partial charge in [0.25, 0.3) is 5.24 Å². The van der Waals surface area contributed by atoms with Crippen LogP contribution in [0.4, 0.5) is 10.5 Å². The molecule has 2 aromatic rings. The predicted octanol–water partition coefficient (Wildman–Crippen LogP) is 1.13. The predicted molar refractivity (Wildman–Crippen MR) is 146 cm³/mol. The van der Waals surface area contributed by atoms with E-state index in [0.29, 0.717) is 37.9 Å². The van der Waals surface area contributed by atoms with E-state index in [4.69, 9.17) is 0 Å². The molecule has 2 saturated heterocycles. The second-order valence-corrected chi connectivity index (χ2v) is 14.3. The molecule has 0 bridgehead atoms. The van der Waals surface area contributed by atoms with Crippen molar-refractivity contribution in [2.24, 2.45) is 0 Å². The van der Waals surface area contributed by atoms with Crippen LogP contribution in [-0.4, -0.2) is 79.7 Å². The van der Waals surface area contributed by atoms with Crippen LogP contribution in [0.5, 0.6) is 5.75 Å². The number of piperidine rings is 1. The molecule has 2 amide bonds. The number of rotatable bonds is 10. The van der Waals surface area contributed by atoms with Crippen LogP contribution < -0.4 is 15.4 Å². The Hall–Kier alpha value is -2.69. The number of hydrogen-bond acceptors (Lipinski definition) is 10. The van der Waals surface area contributed by atoms with Crippen LogP contribution in [-0.2, 0) is 31.3 Å². The molecule has 2 aliphatic rings. The summed E-state index contributed by atoms with van der Waals surface area (Å²) in [5.41, 5.74) is 1.14. The maximum Gasteiger partial charge on any atom is 0.286 e. The van der Waals surface area contributed by atoms with E-state index in [1.165, 1.54) is 34.6 Å². The van der Waals surface area contributed by atoms with Gasteiger partial charge in [-0.15, -0.1) is 0 Å². The number of benzene rings is 2. The molecule has 4 rings (SSSR count). The number of imide groups is 1. The van der Waals surface area contributed by atoms with E-state index in [2.05, 4.69) is 15.4 Å². The third kappa shape index (κ3) is 7.49. The fourth-order valence-electron chi connectivity index (χ4n) is 4.43. The van der Waals surface area contributed by atoms with Crippen LogP contribution in [0.3, 0.4) is 0 Å². The number of hydrogen-bond donors (Lipinski definition) is 5. The number of nitrogens with zero attached hydrogens (tertiary/aromatic N) is 1. The van der Waals surface area contributed by atoms with E-state index in [9.17, 15) is 36.6 Å². The first-order chi connectivity index (χ1) is 18.3. The first-order valence-corrected chi connectivity index (χ1v) is 16.4. The normalized spacial score (nSPS) is 20.1. The smallest absolute Gasteiger partial charge is 0.286 e. The van der Waals surface area contributed by atoms with E-state index in [-0.39, 0.29) is 40.1 Å². The number of amides is 2. The summed E-state index contributed by atoms with van der Waals surface area (Å²) >= 11 is 0.926. The Morgan fingerprint density at radius 3 is 2.33 bits per heavy atom. The minimum absolute atomic E-state index is 0.0291. The Morgan fingerprint density at radius 1 is 1.08 bits per heavy atom. The molecule has 2 fully saturated rings. The van der Waals surface area contributed by atoms with E-state index < -0.39 is 31.4 Å². The Balaban J connectivity index is 1.28. The summed E-state index contributed by atoms with van der Waals surface area (Å²) in [6, 6.07) is 10.5. The Bertz CT molecular complexity index is 1440. The molecular weight excluding hydrogens is 568 g/mol. The minimum atomic E-state index is -3.71. The van der Waals surface area contributed by atoms with Gasteiger partial charge in [-0.25, -0.2) is 16.8 Å². The molecule has 0 spiro atoms. The van der Waals surface area contributed by atoms with Crippen LogP contribution >= 0.6 is 11.8 Å². The monoisotopic (exact) mass is 598 g/mol. The summed E-state index contributed by atoms with van der Waals surface area (Å²) in [4.78, 5) is 23.3. The third-order valence-corrected chi connectivity index (χ3v) is 9.99. The number of nitrogens with one attached hydrogen (secondary N) is 3. The van der Waals surface area contributed by atoms with Crippen molar-refractivity contribution in [3.05, 3.63) is 53.6 Å². The molecule has 39 heavy (non-hydrogen) atoms. The summed E-state index contributed by atoms with van der Waals surface area (Å²) < 4.78 is 52.9. The zero-order valence-electron chi connectivity index (χ0n) is 21.0. The second-order valence-electron chi connectivity index (χ2n) is 9.48. The highest BCUT2D eigenvalue weighted by molar-refractivity contribution is 8.15. The van der Waals surface area contributed by atoms with Crippen LogP contribution in [0.2, 0.25) is 0 Å². The second kappa shape index (κ2) is 11.8. The lowest BCUT2D eigenvalue weighted by atomic mass is 10.0. The van der Waals surface area contributed by atoms with Crippen LogP contribution in [0.25, 0.3) is 0 Å². The van der Waals surface area contributed by atoms with Crippen molar-refractivity contribution < 1.29 is 36.6 Å². The Kier molecular flexibility index (Phi) is 8.88. The van der Waals surface area contributed by atoms with Crippen molar-refractivity contribution >= 4 is 48.6 Å². The maximum atomic E-state index is 13.1. The standard InChI is InChI=1S/C24H30N4O8S3/c1-38(33,34)27-19-13-16(4-7-20(19)29)21(30)14-25-17-8-10-28(11-9-17)39(35,36)18-5-2-15(3-6-18)12-22-23(31)26-24(32)37-22/h2-7,13,17,21-22,25,27,29-30H,8-12,14H2,1H3,(H,26,31,32). The van der Waals surface area contributed by atoms with Gasteiger partial charge in [0.15, 0.2) is 0 Å². The molecule has 2 aliphatic heterocycles. The molecule has 5 N–H and O–H groups in total. The lowest BCUT2D eigenvalue weighted by molar-refractivity contribution is -0.118. The molecule has 0 radical (unpaired) electrons. The zero-order valence-corrected chi connectivity index (χ0v) is 23.5. The molecule has 0 saturated carbocycles. The van der Waals surface area contributed by atoms with E-state index >= 15 is 0 Å². The van der Waals surface area contributed by atoms with Crippen molar-refractivity contribution in [2.45, 2.75) is 41.6 Å². The van der Waals surface area contributed by atoms with Crippen molar-refractivity contribution in [2.75, 3.05) is 30.6 Å². The molecule has 2 atom stereocenters. The van der Waals surface area contributed by atoms with Gasteiger partial charge < -0.3 is 15.5 Å². The van der Waals surface area contributed by atoms with Crippen molar-refractivity contribution in [1.82, 2.24) is 14.9 Å². The minimum Gasteiger partial charge on any atom is -0.506 e. The largest absolute Gasteiger partial charge is 0.506 e. The summed E-state index contributed by atoms with van der Waals surface area (Å²) in [5, 5.41) is 25.0. The lowest BCUT2D eigenvalue weighted by Gasteiger charge is -2.32. The van der Waals surface area contributed by atoms with E-state index in [0.717, 1.165) is 23.6 Å². The van der Waals surface area contributed by atoms with E-state index in [1.54, 1.807) is 12.1 Å². The highest BCUT2D eigenvalue weighted by Crippen LogP contribution is 2.28. The van der Waals surface area contributed by atoms with Gasteiger partial charge in [-0.3, -0.25) is 19.6 Å². The van der Waals surface area contributed by atoms with Gasteiger partial charge in [-0.2, -0.15) is 4.31 Å². The third-order valence-electron chi connectivity index (χ3n) is 6.50. The summed E-state index contributed by atoms with van der Waals surface area (Å²) in [6.45, 7) is 0.742. The number of phenolic OH excluding ortho intramolecular Hbond substituents is 1. The van der Waals surface area contributed by atoms with Crippen molar-refractivity contribution in [3.63, 3.8) is 0 Å². The number of thioether (sulfide) groups is 1. The first kappa shape index (κ1) is 29.3. The maximum absolute atomic E-state index is 13.1. The molecule has 2 aromatic carbocycles. The lowest BCUT2D eigenvalue weighted by Crippen LogP contribution is -2.45. The molecule has 15 heteroatoms. The highest BCUT2D eigenvalue weighted by atomic mass is 32.2. The van der Waals surface area contributed by atoms with Crippen molar-refractivity contribution in [1.29, 1.82) is 0 Å². The average molecular weight is 599 g/mol. The molecule has 0 aromatic heterocycles. The molecule has 12 nitrogen and oxygen atoms in total. The van der Waals surface area contributed by atoms with Gasteiger partial charge in [0.05, 0.1) is 28.2 Å². The number of carbonyl (C=O) groups excluding carboxylic acids is 2. The number of sulfonamides is 2. The van der Waals surface area contributed by atoms with E-state index in [1.807, 2.05) is 0 Å². The van der Waals surface area contributed by atoms with Crippen LogP contribution in [0.1, 0.15) is 30.1 Å². The number of aliphatic hydroxyl groups is 1. The molecule has 2 heterocycles. The quantitative estimate of drug-likeness (QED) is 0.249. The SMILES string of the molecule is CS(=O)(=O)Nc1cc(C(O)CNC2CCN(S(=O)(=O)c3ccc(CC4SC(=O)NC4=O)cc3)CC2)ccc1O. The van der Waals surface area contributed by atoms with Crippen molar-refractivity contribution in [3.8, 4) is 5.75 Å². The van der Waals surface area contributed by atoms with Gasteiger partial charge in [0, 0.05) is 25.7 Å². The van der Waals surface area contributed by atoms with Gasteiger partial charge in [-0.05, 0) is 54.7 Å². The molecule has 0 aliphatic carbocycles. The number of anilines is 1. The zero-order chi connectivity index (χ0) is 28.4. The molecule has 2 unspecified atom stereocenters. The average Bonchev–Trinajstić information content (AvgIpc) is 3.19. The number of aliphatic hydroxyl groups excluding tert-OH is 1. The van der Waals surface area contributed by atoms with Gasteiger partial charge in [-0.1, -0.05) is 30.0 Å². The number of phenols is 1.